The van der Waals surface area contributed by atoms with Gasteiger partial charge in [-0.05, 0) is 38.1 Å². The Morgan fingerprint density at radius 3 is 2.65 bits per heavy atom. The van der Waals surface area contributed by atoms with E-state index in [-0.39, 0.29) is 23.5 Å². The van der Waals surface area contributed by atoms with Crippen molar-refractivity contribution in [2.45, 2.75) is 24.8 Å². The molecule has 6 heteroatoms. The van der Waals surface area contributed by atoms with Crippen molar-refractivity contribution in [1.29, 1.82) is 0 Å². The standard InChI is InChI=1S/C20H18FNO3S/c1-12(18-10-15-5-3-4-6-17(15)25-18)22-20(24)11-26-19-8-7-14(13(2)23)9-16(19)21/h3-10,12H,11H2,1-2H3,(H,22,24). The molecule has 1 heterocycles. The van der Waals surface area contributed by atoms with Crippen LogP contribution in [0.4, 0.5) is 4.39 Å². The zero-order valence-corrected chi connectivity index (χ0v) is 15.2. The van der Waals surface area contributed by atoms with Gasteiger partial charge in [-0.15, -0.1) is 11.8 Å². The molecule has 3 rings (SSSR count). The lowest BCUT2D eigenvalue weighted by Crippen LogP contribution is -2.27. The molecule has 1 aromatic heterocycles. The molecule has 0 aliphatic heterocycles. The van der Waals surface area contributed by atoms with E-state index >= 15 is 0 Å². The van der Waals surface area contributed by atoms with Gasteiger partial charge in [-0.25, -0.2) is 4.39 Å². The molecular formula is C20H18FNO3S. The summed E-state index contributed by atoms with van der Waals surface area (Å²) < 4.78 is 19.7. The van der Waals surface area contributed by atoms with Crippen LogP contribution in [-0.2, 0) is 4.79 Å². The number of Topliss-reactive ketones (excluding diaryl/α,β-unsaturated/α-hetero) is 1. The van der Waals surface area contributed by atoms with Crippen molar-refractivity contribution in [3.63, 3.8) is 0 Å². The molecular weight excluding hydrogens is 353 g/mol. The number of benzene rings is 2. The fourth-order valence-corrected chi connectivity index (χ4v) is 3.28. The predicted molar refractivity (Wildman–Crippen MR) is 99.9 cm³/mol. The zero-order chi connectivity index (χ0) is 18.7. The van der Waals surface area contributed by atoms with Crippen LogP contribution < -0.4 is 5.32 Å². The average Bonchev–Trinajstić information content (AvgIpc) is 3.04. The van der Waals surface area contributed by atoms with Gasteiger partial charge in [0.15, 0.2) is 5.78 Å². The molecule has 0 saturated heterocycles. The first kappa shape index (κ1) is 18.2. The first-order valence-electron chi connectivity index (χ1n) is 8.15. The summed E-state index contributed by atoms with van der Waals surface area (Å²) >= 11 is 1.09. The Bertz CT molecular complexity index is 934. The molecule has 0 spiro atoms. The minimum absolute atomic E-state index is 0.0703. The molecule has 0 bridgehead atoms. The summed E-state index contributed by atoms with van der Waals surface area (Å²) in [6, 6.07) is 13.5. The van der Waals surface area contributed by atoms with E-state index in [0.717, 1.165) is 22.7 Å². The lowest BCUT2D eigenvalue weighted by Gasteiger charge is -2.11. The Hall–Kier alpha value is -2.60. The van der Waals surface area contributed by atoms with Crippen LogP contribution >= 0.6 is 11.8 Å². The van der Waals surface area contributed by atoms with Crippen molar-refractivity contribution in [1.82, 2.24) is 5.32 Å². The Kier molecular flexibility index (Phi) is 5.42. The molecule has 0 aliphatic rings. The number of ketones is 1. The fraction of sp³-hybridized carbons (Fsp3) is 0.200. The Morgan fingerprint density at radius 2 is 1.96 bits per heavy atom. The van der Waals surface area contributed by atoms with Gasteiger partial charge in [-0.1, -0.05) is 24.3 Å². The van der Waals surface area contributed by atoms with Crippen molar-refractivity contribution >= 4 is 34.4 Å². The maximum Gasteiger partial charge on any atom is 0.230 e. The number of nitrogens with one attached hydrogen (secondary N) is 1. The van der Waals surface area contributed by atoms with E-state index < -0.39 is 5.82 Å². The molecule has 1 N–H and O–H groups in total. The molecule has 4 nitrogen and oxygen atoms in total. The largest absolute Gasteiger partial charge is 0.459 e. The fourth-order valence-electron chi connectivity index (χ4n) is 2.55. The van der Waals surface area contributed by atoms with Crippen LogP contribution in [0.5, 0.6) is 0 Å². The molecule has 0 aliphatic carbocycles. The van der Waals surface area contributed by atoms with Crippen molar-refractivity contribution < 1.29 is 18.4 Å². The predicted octanol–water partition coefficient (Wildman–Crippen LogP) is 4.74. The number of halogens is 1. The van der Waals surface area contributed by atoms with Crippen molar-refractivity contribution in [3.8, 4) is 0 Å². The van der Waals surface area contributed by atoms with Gasteiger partial charge in [0.1, 0.15) is 17.2 Å². The molecule has 26 heavy (non-hydrogen) atoms. The first-order chi connectivity index (χ1) is 12.4. The van der Waals surface area contributed by atoms with E-state index in [9.17, 15) is 14.0 Å². The number of carbonyl (C=O) groups is 2. The number of hydrogen-bond acceptors (Lipinski definition) is 4. The first-order valence-corrected chi connectivity index (χ1v) is 9.13. The highest BCUT2D eigenvalue weighted by Crippen LogP contribution is 2.25. The van der Waals surface area contributed by atoms with Gasteiger partial charge in [-0.3, -0.25) is 9.59 Å². The van der Waals surface area contributed by atoms with Gasteiger partial charge < -0.3 is 9.73 Å². The summed E-state index contributed by atoms with van der Waals surface area (Å²) in [6.45, 7) is 3.22. The Labute approximate surface area is 154 Å². The highest BCUT2D eigenvalue weighted by Gasteiger charge is 2.15. The molecule has 3 aromatic rings. The quantitative estimate of drug-likeness (QED) is 0.502. The molecule has 2 aromatic carbocycles. The van der Waals surface area contributed by atoms with E-state index in [0.29, 0.717) is 16.2 Å². The summed E-state index contributed by atoms with van der Waals surface area (Å²) in [5.41, 5.74) is 1.08. The Balaban J connectivity index is 1.59. The normalized spacial score (nSPS) is 12.1. The number of hydrogen-bond donors (Lipinski definition) is 1. The third-order valence-electron chi connectivity index (χ3n) is 3.95. The second-order valence-corrected chi connectivity index (χ2v) is 6.98. The van der Waals surface area contributed by atoms with E-state index in [1.165, 1.54) is 19.1 Å². The maximum absolute atomic E-state index is 14.0. The number of rotatable bonds is 6. The van der Waals surface area contributed by atoms with Crippen LogP contribution in [0.3, 0.4) is 0 Å². The summed E-state index contributed by atoms with van der Waals surface area (Å²) in [5.74, 6) is -0.181. The number of fused-ring (bicyclic) bond motifs is 1. The van der Waals surface area contributed by atoms with E-state index in [4.69, 9.17) is 4.42 Å². The topological polar surface area (TPSA) is 59.3 Å². The highest BCUT2D eigenvalue weighted by atomic mass is 32.2. The van der Waals surface area contributed by atoms with Gasteiger partial charge in [0, 0.05) is 15.8 Å². The summed E-state index contributed by atoms with van der Waals surface area (Å²) in [7, 11) is 0. The smallest absolute Gasteiger partial charge is 0.230 e. The van der Waals surface area contributed by atoms with Crippen LogP contribution in [-0.4, -0.2) is 17.4 Å². The molecule has 1 atom stereocenters. The van der Waals surface area contributed by atoms with Gasteiger partial charge in [-0.2, -0.15) is 0 Å². The van der Waals surface area contributed by atoms with Gasteiger partial charge in [0.05, 0.1) is 11.8 Å². The van der Waals surface area contributed by atoms with Crippen LogP contribution in [0.25, 0.3) is 11.0 Å². The second kappa shape index (κ2) is 7.74. The van der Waals surface area contributed by atoms with E-state index in [1.807, 2.05) is 37.3 Å². The molecule has 1 unspecified atom stereocenters. The van der Waals surface area contributed by atoms with Crippen molar-refractivity contribution in [2.24, 2.45) is 0 Å². The van der Waals surface area contributed by atoms with Gasteiger partial charge in [0.25, 0.3) is 0 Å². The third kappa shape index (κ3) is 4.14. The minimum Gasteiger partial charge on any atom is -0.459 e. The monoisotopic (exact) mass is 371 g/mol. The molecule has 0 fully saturated rings. The van der Waals surface area contributed by atoms with Crippen LogP contribution in [0.2, 0.25) is 0 Å². The second-order valence-electron chi connectivity index (χ2n) is 5.97. The van der Waals surface area contributed by atoms with E-state index in [1.54, 1.807) is 6.07 Å². The summed E-state index contributed by atoms with van der Waals surface area (Å²) in [4.78, 5) is 23.7. The van der Waals surface area contributed by atoms with Crippen molar-refractivity contribution in [3.05, 3.63) is 65.7 Å². The number of para-hydroxylation sites is 1. The molecule has 1 amide bonds. The molecule has 0 saturated carbocycles. The van der Waals surface area contributed by atoms with Gasteiger partial charge in [0.2, 0.25) is 5.91 Å². The average molecular weight is 371 g/mol. The van der Waals surface area contributed by atoms with E-state index in [2.05, 4.69) is 5.32 Å². The highest BCUT2D eigenvalue weighted by molar-refractivity contribution is 8.00. The molecule has 134 valence electrons. The molecule has 0 radical (unpaired) electrons. The SMILES string of the molecule is CC(=O)c1ccc(SCC(=O)NC(C)c2cc3ccccc3o2)c(F)c1. The van der Waals surface area contributed by atoms with Crippen LogP contribution in [0.1, 0.15) is 36.0 Å². The number of carbonyl (C=O) groups excluding carboxylic acids is 2. The third-order valence-corrected chi connectivity index (χ3v) is 4.99. The summed E-state index contributed by atoms with van der Waals surface area (Å²) in [6.07, 6.45) is 0. The zero-order valence-electron chi connectivity index (χ0n) is 14.4. The van der Waals surface area contributed by atoms with Crippen LogP contribution in [0, 0.1) is 5.82 Å². The van der Waals surface area contributed by atoms with Crippen molar-refractivity contribution in [2.75, 3.05) is 5.75 Å². The number of thioether (sulfide) groups is 1. The Morgan fingerprint density at radius 1 is 1.19 bits per heavy atom. The number of furan rings is 1. The number of amides is 1. The lowest BCUT2D eigenvalue weighted by atomic mass is 10.1. The van der Waals surface area contributed by atoms with Crippen LogP contribution in [0.15, 0.2) is 57.8 Å². The lowest BCUT2D eigenvalue weighted by molar-refractivity contribution is -0.119. The summed E-state index contributed by atoms with van der Waals surface area (Å²) in [5, 5.41) is 3.82. The van der Waals surface area contributed by atoms with Gasteiger partial charge >= 0.3 is 0 Å². The minimum atomic E-state index is -0.499. The maximum atomic E-state index is 14.0.